The largest absolute Gasteiger partial charge is 0.300 e. The van der Waals surface area contributed by atoms with E-state index in [2.05, 4.69) is 24.5 Å². The van der Waals surface area contributed by atoms with Crippen molar-refractivity contribution in [2.75, 3.05) is 18.8 Å². The quantitative estimate of drug-likeness (QED) is 0.705. The topological polar surface area (TPSA) is 3.24 Å². The summed E-state index contributed by atoms with van der Waals surface area (Å²) in [4.78, 5) is 2.71. The van der Waals surface area contributed by atoms with Crippen LogP contribution in [0, 0.1) is 5.41 Å². The Hall–Kier alpha value is 0.310. The molecule has 1 saturated carbocycles. The number of thiol groups is 1. The van der Waals surface area contributed by atoms with Crippen LogP contribution >= 0.6 is 12.6 Å². The predicted molar refractivity (Wildman–Crippen MR) is 65.0 cm³/mol. The molecule has 2 aliphatic rings. The minimum atomic E-state index is 0.592. The molecule has 0 N–H and O–H groups in total. The smallest absolute Gasteiger partial charge is 0.00671 e. The fourth-order valence-electron chi connectivity index (χ4n) is 2.87. The van der Waals surface area contributed by atoms with Gasteiger partial charge in [0.15, 0.2) is 0 Å². The van der Waals surface area contributed by atoms with Crippen LogP contribution in [-0.4, -0.2) is 29.8 Å². The zero-order valence-electron chi connectivity index (χ0n) is 9.34. The van der Waals surface area contributed by atoms with Crippen LogP contribution in [0.2, 0.25) is 0 Å². The number of piperidine rings is 1. The van der Waals surface area contributed by atoms with Gasteiger partial charge in [0.1, 0.15) is 0 Å². The fourth-order valence-corrected chi connectivity index (χ4v) is 3.28. The average Bonchev–Trinajstić information content (AvgIpc) is 2.14. The molecule has 1 unspecified atom stereocenters. The minimum absolute atomic E-state index is 0.592. The first-order valence-corrected chi connectivity index (χ1v) is 6.74. The van der Waals surface area contributed by atoms with E-state index in [4.69, 9.17) is 0 Å². The normalized spacial score (nSPS) is 32.6. The van der Waals surface area contributed by atoms with Crippen LogP contribution in [0.25, 0.3) is 0 Å². The van der Waals surface area contributed by atoms with Crippen molar-refractivity contribution in [3.8, 4) is 0 Å². The summed E-state index contributed by atoms with van der Waals surface area (Å²) >= 11 is 4.54. The lowest BCUT2D eigenvalue weighted by Crippen LogP contribution is -2.48. The molecule has 82 valence electrons. The molecule has 0 radical (unpaired) electrons. The number of hydrogen-bond acceptors (Lipinski definition) is 2. The maximum Gasteiger partial charge on any atom is 0.00671 e. The molecule has 0 bridgehead atoms. The standard InChI is InChI=1S/C12H23NS/c1-11-5-2-3-8-13(11)9-12(10-14)6-4-7-12/h11,14H,2-10H2,1H3. The maximum absolute atomic E-state index is 4.54. The van der Waals surface area contributed by atoms with Gasteiger partial charge in [-0.2, -0.15) is 12.6 Å². The van der Waals surface area contributed by atoms with E-state index >= 15 is 0 Å². The van der Waals surface area contributed by atoms with E-state index in [0.717, 1.165) is 11.8 Å². The molecule has 1 nitrogen and oxygen atoms in total. The minimum Gasteiger partial charge on any atom is -0.300 e. The molecule has 2 rings (SSSR count). The molecule has 1 aliphatic carbocycles. The van der Waals surface area contributed by atoms with Gasteiger partial charge < -0.3 is 4.90 Å². The Labute approximate surface area is 93.7 Å². The van der Waals surface area contributed by atoms with Gasteiger partial charge in [0.05, 0.1) is 0 Å². The third-order valence-electron chi connectivity index (χ3n) is 4.23. The molecular formula is C12H23NS. The second-order valence-electron chi connectivity index (χ2n) is 5.33. The van der Waals surface area contributed by atoms with Gasteiger partial charge in [-0.05, 0) is 50.3 Å². The Morgan fingerprint density at radius 1 is 1.29 bits per heavy atom. The lowest BCUT2D eigenvalue weighted by Gasteiger charge is -2.47. The van der Waals surface area contributed by atoms with Crippen LogP contribution < -0.4 is 0 Å². The van der Waals surface area contributed by atoms with E-state index in [9.17, 15) is 0 Å². The van der Waals surface area contributed by atoms with E-state index < -0.39 is 0 Å². The molecule has 2 heteroatoms. The summed E-state index contributed by atoms with van der Waals surface area (Å²) in [6.45, 7) is 5.04. The van der Waals surface area contributed by atoms with E-state index in [-0.39, 0.29) is 0 Å². The van der Waals surface area contributed by atoms with Gasteiger partial charge in [0.2, 0.25) is 0 Å². The first-order valence-electron chi connectivity index (χ1n) is 6.11. The van der Waals surface area contributed by atoms with Crippen molar-refractivity contribution >= 4 is 12.6 Å². The lowest BCUT2D eigenvalue weighted by molar-refractivity contribution is 0.0517. The van der Waals surface area contributed by atoms with E-state index in [1.807, 2.05) is 0 Å². The molecule has 0 aromatic rings. The molecule has 1 atom stereocenters. The zero-order valence-corrected chi connectivity index (χ0v) is 10.2. The highest BCUT2D eigenvalue weighted by molar-refractivity contribution is 7.80. The van der Waals surface area contributed by atoms with Crippen LogP contribution in [-0.2, 0) is 0 Å². The SMILES string of the molecule is CC1CCCCN1CC1(CS)CCC1. The molecule has 14 heavy (non-hydrogen) atoms. The second kappa shape index (κ2) is 4.44. The highest BCUT2D eigenvalue weighted by Crippen LogP contribution is 2.43. The summed E-state index contributed by atoms with van der Waals surface area (Å²) in [6, 6.07) is 0.820. The van der Waals surface area contributed by atoms with Gasteiger partial charge in [-0.25, -0.2) is 0 Å². The van der Waals surface area contributed by atoms with E-state index in [0.29, 0.717) is 5.41 Å². The summed E-state index contributed by atoms with van der Waals surface area (Å²) in [5.41, 5.74) is 0.592. The molecule has 1 heterocycles. The van der Waals surface area contributed by atoms with Gasteiger partial charge in [-0.1, -0.05) is 12.8 Å². The zero-order chi connectivity index (χ0) is 10.0. The first-order chi connectivity index (χ1) is 6.76. The van der Waals surface area contributed by atoms with Gasteiger partial charge in [0, 0.05) is 12.6 Å². The molecule has 2 fully saturated rings. The lowest BCUT2D eigenvalue weighted by atomic mass is 9.69. The van der Waals surface area contributed by atoms with Gasteiger partial charge >= 0.3 is 0 Å². The number of likely N-dealkylation sites (tertiary alicyclic amines) is 1. The summed E-state index contributed by atoms with van der Waals surface area (Å²) in [5.74, 6) is 1.09. The maximum atomic E-state index is 4.54. The van der Waals surface area contributed by atoms with Crippen molar-refractivity contribution in [1.29, 1.82) is 0 Å². The highest BCUT2D eigenvalue weighted by atomic mass is 32.1. The Kier molecular flexibility index (Phi) is 3.43. The van der Waals surface area contributed by atoms with Crippen molar-refractivity contribution in [3.05, 3.63) is 0 Å². The third-order valence-corrected chi connectivity index (χ3v) is 4.90. The van der Waals surface area contributed by atoms with Crippen molar-refractivity contribution in [2.24, 2.45) is 5.41 Å². The Balaban J connectivity index is 1.88. The van der Waals surface area contributed by atoms with Crippen molar-refractivity contribution in [2.45, 2.75) is 51.5 Å². The van der Waals surface area contributed by atoms with Crippen LogP contribution in [0.5, 0.6) is 0 Å². The summed E-state index contributed by atoms with van der Waals surface area (Å²) < 4.78 is 0. The van der Waals surface area contributed by atoms with Crippen LogP contribution in [0.15, 0.2) is 0 Å². The molecule has 1 aliphatic heterocycles. The second-order valence-corrected chi connectivity index (χ2v) is 5.64. The Morgan fingerprint density at radius 3 is 2.57 bits per heavy atom. The third kappa shape index (κ3) is 2.11. The molecule has 0 aromatic carbocycles. The number of nitrogens with zero attached hydrogens (tertiary/aromatic N) is 1. The molecule has 0 amide bonds. The Bertz CT molecular complexity index is 183. The van der Waals surface area contributed by atoms with Crippen molar-refractivity contribution < 1.29 is 0 Å². The molecular weight excluding hydrogens is 190 g/mol. The van der Waals surface area contributed by atoms with Gasteiger partial charge in [0.25, 0.3) is 0 Å². The van der Waals surface area contributed by atoms with Crippen LogP contribution in [0.3, 0.4) is 0 Å². The highest BCUT2D eigenvalue weighted by Gasteiger charge is 2.38. The summed E-state index contributed by atoms with van der Waals surface area (Å²) in [5, 5.41) is 0. The summed E-state index contributed by atoms with van der Waals surface area (Å²) in [6.07, 6.45) is 8.52. The average molecular weight is 213 g/mol. The number of hydrogen-bond donors (Lipinski definition) is 1. The fraction of sp³-hybridized carbons (Fsp3) is 1.00. The molecule has 1 saturated heterocycles. The van der Waals surface area contributed by atoms with Gasteiger partial charge in [-0.3, -0.25) is 0 Å². The number of rotatable bonds is 3. The van der Waals surface area contributed by atoms with Crippen molar-refractivity contribution in [3.63, 3.8) is 0 Å². The monoisotopic (exact) mass is 213 g/mol. The summed E-state index contributed by atoms with van der Waals surface area (Å²) in [7, 11) is 0. The van der Waals surface area contributed by atoms with Gasteiger partial charge in [-0.15, -0.1) is 0 Å². The predicted octanol–water partition coefficient (Wildman–Crippen LogP) is 2.96. The van der Waals surface area contributed by atoms with Crippen LogP contribution in [0.4, 0.5) is 0 Å². The Morgan fingerprint density at radius 2 is 2.07 bits per heavy atom. The molecule has 0 spiro atoms. The first kappa shape index (κ1) is 10.8. The van der Waals surface area contributed by atoms with E-state index in [1.54, 1.807) is 0 Å². The van der Waals surface area contributed by atoms with Crippen LogP contribution in [0.1, 0.15) is 45.4 Å². The molecule has 0 aromatic heterocycles. The van der Waals surface area contributed by atoms with E-state index in [1.165, 1.54) is 51.6 Å². The van der Waals surface area contributed by atoms with Crippen molar-refractivity contribution in [1.82, 2.24) is 4.90 Å².